The molecule has 1 nitrogen and oxygen atoms in total. The van der Waals surface area contributed by atoms with Crippen LogP contribution in [0.2, 0.25) is 0 Å². The highest BCUT2D eigenvalue weighted by atomic mass is 79.9. The molecule has 0 aromatic heterocycles. The lowest BCUT2D eigenvalue weighted by Gasteiger charge is -2.27. The second-order valence-electron chi connectivity index (χ2n) is 5.56. The van der Waals surface area contributed by atoms with E-state index in [0.717, 1.165) is 30.1 Å². The number of hydrogen-bond acceptors (Lipinski definition) is 1. The molecule has 1 heterocycles. The quantitative estimate of drug-likeness (QED) is 0.732. The zero-order valence-corrected chi connectivity index (χ0v) is 12.0. The molecule has 1 aromatic rings. The Bertz CT molecular complexity index is 435. The molecule has 0 radical (unpaired) electrons. The number of alkyl halides is 1. The van der Waals surface area contributed by atoms with Gasteiger partial charge in [-0.05, 0) is 43.4 Å². The summed E-state index contributed by atoms with van der Waals surface area (Å²) >= 11 is 3.73. The van der Waals surface area contributed by atoms with Crippen LogP contribution in [-0.2, 0) is 6.42 Å². The van der Waals surface area contributed by atoms with Gasteiger partial charge in [-0.25, -0.2) is 4.39 Å². The fourth-order valence-corrected chi connectivity index (χ4v) is 4.08. The van der Waals surface area contributed by atoms with Crippen LogP contribution >= 0.6 is 15.9 Å². The first-order valence-corrected chi connectivity index (χ1v) is 7.71. The normalized spacial score (nSPS) is 30.9. The third kappa shape index (κ3) is 2.71. The minimum Gasteiger partial charge on any atom is -0.490 e. The highest BCUT2D eigenvalue weighted by molar-refractivity contribution is 9.09. The largest absolute Gasteiger partial charge is 0.490 e. The summed E-state index contributed by atoms with van der Waals surface area (Å²) in [4.78, 5) is 0.678. The molecule has 3 rings (SSSR count). The second kappa shape index (κ2) is 5.20. The van der Waals surface area contributed by atoms with Gasteiger partial charge in [-0.3, -0.25) is 0 Å². The Morgan fingerprint density at radius 2 is 2.22 bits per heavy atom. The van der Waals surface area contributed by atoms with Crippen LogP contribution in [0.4, 0.5) is 4.39 Å². The van der Waals surface area contributed by atoms with E-state index in [1.807, 2.05) is 0 Å². The fraction of sp³-hybridized carbons (Fsp3) is 0.600. The Morgan fingerprint density at radius 3 is 3.06 bits per heavy atom. The lowest BCUT2D eigenvalue weighted by atomic mass is 9.84. The van der Waals surface area contributed by atoms with E-state index in [1.165, 1.54) is 31.7 Å². The Morgan fingerprint density at radius 1 is 1.33 bits per heavy atom. The van der Waals surface area contributed by atoms with Crippen molar-refractivity contribution in [1.82, 2.24) is 0 Å². The van der Waals surface area contributed by atoms with E-state index >= 15 is 0 Å². The van der Waals surface area contributed by atoms with E-state index in [9.17, 15) is 4.39 Å². The molecule has 3 heteroatoms. The maximum atomic E-state index is 13.1. The standard InChI is InChI=1S/C15H18BrFO/c16-12-3-1-2-10(6-12)7-14-9-11-8-13(17)4-5-15(11)18-14/h4-5,8,10,12,14H,1-3,6-7,9H2. The van der Waals surface area contributed by atoms with Crippen LogP contribution in [0, 0.1) is 11.7 Å². The van der Waals surface area contributed by atoms with Crippen molar-refractivity contribution in [2.75, 3.05) is 0 Å². The third-order valence-corrected chi connectivity index (χ3v) is 4.91. The number of benzene rings is 1. The molecule has 0 spiro atoms. The molecular formula is C15H18BrFO. The van der Waals surface area contributed by atoms with Gasteiger partial charge in [0.1, 0.15) is 17.7 Å². The van der Waals surface area contributed by atoms with Crippen LogP contribution in [0.3, 0.4) is 0 Å². The van der Waals surface area contributed by atoms with Crippen molar-refractivity contribution in [1.29, 1.82) is 0 Å². The summed E-state index contributed by atoms with van der Waals surface area (Å²) in [6, 6.07) is 4.86. The van der Waals surface area contributed by atoms with Crippen molar-refractivity contribution < 1.29 is 9.13 Å². The van der Waals surface area contributed by atoms with Gasteiger partial charge in [-0.15, -0.1) is 0 Å². The number of halogens is 2. The van der Waals surface area contributed by atoms with Crippen LogP contribution < -0.4 is 4.74 Å². The summed E-state index contributed by atoms with van der Waals surface area (Å²) in [6.45, 7) is 0. The first-order valence-electron chi connectivity index (χ1n) is 6.80. The molecule has 3 unspecified atom stereocenters. The topological polar surface area (TPSA) is 9.23 Å². The van der Waals surface area contributed by atoms with E-state index in [1.54, 1.807) is 12.1 Å². The van der Waals surface area contributed by atoms with Crippen molar-refractivity contribution in [2.45, 2.75) is 49.5 Å². The molecule has 0 amide bonds. The van der Waals surface area contributed by atoms with Crippen LogP contribution in [0.1, 0.15) is 37.7 Å². The van der Waals surface area contributed by atoms with Crippen molar-refractivity contribution in [3.05, 3.63) is 29.6 Å². The maximum absolute atomic E-state index is 13.1. The number of fused-ring (bicyclic) bond motifs is 1. The van der Waals surface area contributed by atoms with E-state index in [0.29, 0.717) is 4.83 Å². The maximum Gasteiger partial charge on any atom is 0.123 e. The number of rotatable bonds is 2. The first-order chi connectivity index (χ1) is 8.70. The second-order valence-corrected chi connectivity index (χ2v) is 6.86. The Kier molecular flexibility index (Phi) is 3.60. The molecule has 1 saturated carbocycles. The lowest BCUT2D eigenvalue weighted by Crippen LogP contribution is -2.23. The van der Waals surface area contributed by atoms with Crippen molar-refractivity contribution >= 4 is 15.9 Å². The molecule has 1 aliphatic heterocycles. The summed E-state index contributed by atoms with van der Waals surface area (Å²) in [5, 5.41) is 0. The molecule has 0 bridgehead atoms. The van der Waals surface area contributed by atoms with E-state index in [-0.39, 0.29) is 11.9 Å². The number of ether oxygens (including phenoxy) is 1. The van der Waals surface area contributed by atoms with Gasteiger partial charge >= 0.3 is 0 Å². The average molecular weight is 313 g/mol. The molecule has 98 valence electrons. The van der Waals surface area contributed by atoms with Gasteiger partial charge in [0.2, 0.25) is 0 Å². The van der Waals surface area contributed by atoms with E-state index in [2.05, 4.69) is 15.9 Å². The van der Waals surface area contributed by atoms with Crippen LogP contribution in [-0.4, -0.2) is 10.9 Å². The Hall–Kier alpha value is -0.570. The van der Waals surface area contributed by atoms with E-state index in [4.69, 9.17) is 4.74 Å². The summed E-state index contributed by atoms with van der Waals surface area (Å²) < 4.78 is 19.1. The fourth-order valence-electron chi connectivity index (χ4n) is 3.23. The van der Waals surface area contributed by atoms with Gasteiger partial charge in [0.15, 0.2) is 0 Å². The molecule has 1 aliphatic carbocycles. The van der Waals surface area contributed by atoms with Gasteiger partial charge in [0.25, 0.3) is 0 Å². The zero-order chi connectivity index (χ0) is 12.5. The van der Waals surface area contributed by atoms with Gasteiger partial charge < -0.3 is 4.74 Å². The van der Waals surface area contributed by atoms with Crippen molar-refractivity contribution in [2.24, 2.45) is 5.92 Å². The smallest absolute Gasteiger partial charge is 0.123 e. The van der Waals surface area contributed by atoms with Crippen LogP contribution in [0.5, 0.6) is 5.75 Å². The van der Waals surface area contributed by atoms with Gasteiger partial charge in [-0.1, -0.05) is 28.8 Å². The molecular weight excluding hydrogens is 295 g/mol. The van der Waals surface area contributed by atoms with Crippen LogP contribution in [0.25, 0.3) is 0 Å². The Labute approximate surface area is 116 Å². The molecule has 1 fully saturated rings. The van der Waals surface area contributed by atoms with Crippen molar-refractivity contribution in [3.8, 4) is 5.75 Å². The molecule has 1 aromatic carbocycles. The summed E-state index contributed by atoms with van der Waals surface area (Å²) in [5.41, 5.74) is 1.03. The molecule has 0 N–H and O–H groups in total. The number of hydrogen-bond donors (Lipinski definition) is 0. The Balaban J connectivity index is 1.60. The van der Waals surface area contributed by atoms with Gasteiger partial charge in [-0.2, -0.15) is 0 Å². The molecule has 2 aliphatic rings. The van der Waals surface area contributed by atoms with Crippen molar-refractivity contribution in [3.63, 3.8) is 0 Å². The molecule has 0 saturated heterocycles. The molecule has 3 atom stereocenters. The molecule has 18 heavy (non-hydrogen) atoms. The minimum atomic E-state index is -0.156. The average Bonchev–Trinajstić information content (AvgIpc) is 2.70. The highest BCUT2D eigenvalue weighted by Crippen LogP contribution is 2.36. The SMILES string of the molecule is Fc1ccc2c(c1)CC(CC1CCCC(Br)C1)O2. The first kappa shape index (κ1) is 12.5. The predicted octanol–water partition coefficient (Wildman–Crippen LogP) is 4.47. The summed E-state index contributed by atoms with van der Waals surface area (Å²) in [7, 11) is 0. The zero-order valence-electron chi connectivity index (χ0n) is 10.4. The van der Waals surface area contributed by atoms with Gasteiger partial charge in [0, 0.05) is 16.8 Å². The predicted molar refractivity (Wildman–Crippen MR) is 73.8 cm³/mol. The van der Waals surface area contributed by atoms with E-state index < -0.39 is 0 Å². The minimum absolute atomic E-state index is 0.156. The summed E-state index contributed by atoms with van der Waals surface area (Å²) in [5.74, 6) is 1.48. The third-order valence-electron chi connectivity index (χ3n) is 4.08. The summed E-state index contributed by atoms with van der Waals surface area (Å²) in [6.07, 6.45) is 7.42. The lowest BCUT2D eigenvalue weighted by molar-refractivity contribution is 0.177. The monoisotopic (exact) mass is 312 g/mol. The highest BCUT2D eigenvalue weighted by Gasteiger charge is 2.28. The van der Waals surface area contributed by atoms with Gasteiger partial charge in [0.05, 0.1) is 0 Å². The van der Waals surface area contributed by atoms with Crippen LogP contribution in [0.15, 0.2) is 18.2 Å².